The first-order valence-corrected chi connectivity index (χ1v) is 9.73. The van der Waals surface area contributed by atoms with Crippen molar-refractivity contribution in [2.45, 2.75) is 20.8 Å². The Kier molecular flexibility index (Phi) is 4.47. The first kappa shape index (κ1) is 18.3. The normalized spacial score (nSPS) is 11.2. The molecule has 0 N–H and O–H groups in total. The molecular formula is C21H21N3O3S. The van der Waals surface area contributed by atoms with Gasteiger partial charge in [-0.1, -0.05) is 6.07 Å². The van der Waals surface area contributed by atoms with E-state index in [4.69, 9.17) is 14.5 Å². The van der Waals surface area contributed by atoms with Crippen molar-refractivity contribution >= 4 is 21.6 Å². The van der Waals surface area contributed by atoms with Crippen LogP contribution in [0.2, 0.25) is 0 Å². The van der Waals surface area contributed by atoms with Crippen LogP contribution in [0, 0.1) is 20.8 Å². The van der Waals surface area contributed by atoms with Gasteiger partial charge in [0.25, 0.3) is 5.56 Å². The van der Waals surface area contributed by atoms with Crippen molar-refractivity contribution in [1.29, 1.82) is 0 Å². The fourth-order valence-electron chi connectivity index (χ4n) is 3.51. The van der Waals surface area contributed by atoms with Crippen molar-refractivity contribution in [1.82, 2.24) is 14.3 Å². The van der Waals surface area contributed by atoms with Crippen molar-refractivity contribution in [2.75, 3.05) is 14.2 Å². The van der Waals surface area contributed by atoms with Crippen molar-refractivity contribution in [3.8, 4) is 22.6 Å². The first-order chi connectivity index (χ1) is 13.5. The van der Waals surface area contributed by atoms with Gasteiger partial charge in [0, 0.05) is 22.3 Å². The molecule has 6 nitrogen and oxygen atoms in total. The lowest BCUT2D eigenvalue weighted by Gasteiger charge is -2.15. The number of fused-ring (bicyclic) bond motifs is 1. The summed E-state index contributed by atoms with van der Waals surface area (Å²) in [6.07, 6.45) is 0. The summed E-state index contributed by atoms with van der Waals surface area (Å²) < 4.78 is 14.3. The van der Waals surface area contributed by atoms with Gasteiger partial charge < -0.3 is 9.47 Å². The number of nitrogens with zero attached hydrogens (tertiary/aromatic N) is 3. The number of aromatic nitrogens is 3. The molecule has 0 atom stereocenters. The van der Waals surface area contributed by atoms with E-state index < -0.39 is 0 Å². The molecule has 0 bridgehead atoms. The summed E-state index contributed by atoms with van der Waals surface area (Å²) in [5, 5.41) is 2.58. The summed E-state index contributed by atoms with van der Waals surface area (Å²) >= 11 is 1.47. The van der Waals surface area contributed by atoms with E-state index in [0.29, 0.717) is 22.7 Å². The molecule has 1 aromatic carbocycles. The minimum atomic E-state index is -0.0871. The Morgan fingerprint density at radius 3 is 2.25 bits per heavy atom. The molecule has 144 valence electrons. The molecule has 0 spiro atoms. The van der Waals surface area contributed by atoms with Crippen LogP contribution in [-0.4, -0.2) is 28.6 Å². The molecular weight excluding hydrogens is 374 g/mol. The van der Waals surface area contributed by atoms with Gasteiger partial charge in [0.15, 0.2) is 11.5 Å². The molecule has 0 saturated carbocycles. The average molecular weight is 395 g/mol. The molecule has 0 amide bonds. The lowest BCUT2D eigenvalue weighted by atomic mass is 10.1. The maximum Gasteiger partial charge on any atom is 0.282 e. The first-order valence-electron chi connectivity index (χ1n) is 8.85. The van der Waals surface area contributed by atoms with Crippen LogP contribution in [-0.2, 0) is 0 Å². The van der Waals surface area contributed by atoms with E-state index >= 15 is 0 Å². The van der Waals surface area contributed by atoms with E-state index in [1.165, 1.54) is 11.3 Å². The minimum Gasteiger partial charge on any atom is -0.493 e. The van der Waals surface area contributed by atoms with Crippen LogP contribution in [0.15, 0.2) is 40.5 Å². The van der Waals surface area contributed by atoms with Crippen LogP contribution >= 0.6 is 11.3 Å². The molecule has 0 radical (unpaired) electrons. The number of hydrogen-bond donors (Lipinski definition) is 0. The summed E-state index contributed by atoms with van der Waals surface area (Å²) in [6, 6.07) is 9.65. The van der Waals surface area contributed by atoms with E-state index in [0.717, 1.165) is 27.3 Å². The Bertz CT molecular complexity index is 1230. The number of aryl methyl sites for hydroxylation is 3. The number of rotatable bonds is 4. The second kappa shape index (κ2) is 6.83. The van der Waals surface area contributed by atoms with Gasteiger partial charge in [-0.2, -0.15) is 4.68 Å². The molecule has 7 heteroatoms. The summed E-state index contributed by atoms with van der Waals surface area (Å²) in [6.45, 7) is 5.81. The Labute approximate surface area is 166 Å². The van der Waals surface area contributed by atoms with Gasteiger partial charge in [-0.15, -0.1) is 11.3 Å². The number of methoxy groups -OCH3 is 2. The SMILES string of the molecule is COc1ccc(-c2csc3nc(C)n(-n4c(C)ccc4C)c(=O)c23)cc1OC. The van der Waals surface area contributed by atoms with Crippen LogP contribution in [0.5, 0.6) is 11.5 Å². The van der Waals surface area contributed by atoms with Gasteiger partial charge in [-0.3, -0.25) is 9.47 Å². The van der Waals surface area contributed by atoms with Gasteiger partial charge in [0.2, 0.25) is 0 Å². The topological polar surface area (TPSA) is 58.3 Å². The van der Waals surface area contributed by atoms with Crippen LogP contribution in [0.25, 0.3) is 21.3 Å². The Morgan fingerprint density at radius 2 is 1.61 bits per heavy atom. The predicted molar refractivity (Wildman–Crippen MR) is 112 cm³/mol. The number of benzene rings is 1. The molecule has 3 aromatic heterocycles. The predicted octanol–water partition coefficient (Wildman–Crippen LogP) is 4.18. The lowest BCUT2D eigenvalue weighted by molar-refractivity contribution is 0.355. The molecule has 28 heavy (non-hydrogen) atoms. The highest BCUT2D eigenvalue weighted by molar-refractivity contribution is 7.17. The third kappa shape index (κ3) is 2.70. The fraction of sp³-hybridized carbons (Fsp3) is 0.238. The summed E-state index contributed by atoms with van der Waals surface area (Å²) in [7, 11) is 3.20. The highest BCUT2D eigenvalue weighted by atomic mass is 32.1. The zero-order valence-corrected chi connectivity index (χ0v) is 17.3. The number of hydrogen-bond acceptors (Lipinski definition) is 5. The molecule has 0 fully saturated rings. The van der Waals surface area contributed by atoms with Gasteiger partial charge in [-0.25, -0.2) is 4.98 Å². The second-order valence-corrected chi connectivity index (χ2v) is 7.46. The van der Waals surface area contributed by atoms with E-state index in [1.807, 2.05) is 61.2 Å². The Morgan fingerprint density at radius 1 is 0.929 bits per heavy atom. The molecule has 0 saturated heterocycles. The highest BCUT2D eigenvalue weighted by Crippen LogP contribution is 2.36. The van der Waals surface area contributed by atoms with Gasteiger partial charge >= 0.3 is 0 Å². The van der Waals surface area contributed by atoms with E-state index in [-0.39, 0.29) is 5.56 Å². The smallest absolute Gasteiger partial charge is 0.282 e. The second-order valence-electron chi connectivity index (χ2n) is 6.60. The standard InChI is InChI=1S/C21H21N3O3S/c1-12-6-7-13(2)23(12)24-14(3)22-20-19(21(24)25)16(11-28-20)15-8-9-17(26-4)18(10-15)27-5/h6-11H,1-5H3. The fourth-order valence-corrected chi connectivity index (χ4v) is 4.49. The van der Waals surface area contributed by atoms with Crippen LogP contribution < -0.4 is 15.0 Å². The van der Waals surface area contributed by atoms with E-state index in [1.54, 1.807) is 18.9 Å². The molecule has 4 rings (SSSR count). The molecule has 0 unspecified atom stereocenters. The maximum absolute atomic E-state index is 13.5. The Hall–Kier alpha value is -3.06. The maximum atomic E-state index is 13.5. The molecule has 0 aliphatic heterocycles. The average Bonchev–Trinajstić information content (AvgIpc) is 3.25. The van der Waals surface area contributed by atoms with Gasteiger partial charge in [0.05, 0.1) is 19.6 Å². The summed E-state index contributed by atoms with van der Waals surface area (Å²) in [5.41, 5.74) is 3.60. The van der Waals surface area contributed by atoms with Crippen molar-refractivity contribution in [2.24, 2.45) is 0 Å². The molecule has 4 aromatic rings. The monoisotopic (exact) mass is 395 g/mol. The van der Waals surface area contributed by atoms with Crippen LogP contribution in [0.4, 0.5) is 0 Å². The number of thiophene rings is 1. The van der Waals surface area contributed by atoms with Crippen molar-refractivity contribution in [3.05, 3.63) is 63.3 Å². The summed E-state index contributed by atoms with van der Waals surface area (Å²) in [4.78, 5) is 19.0. The van der Waals surface area contributed by atoms with Gasteiger partial charge in [0.1, 0.15) is 10.7 Å². The minimum absolute atomic E-state index is 0.0871. The van der Waals surface area contributed by atoms with E-state index in [9.17, 15) is 4.79 Å². The third-order valence-electron chi connectivity index (χ3n) is 4.88. The molecule has 0 aliphatic carbocycles. The van der Waals surface area contributed by atoms with Gasteiger partial charge in [-0.05, 0) is 50.6 Å². The summed E-state index contributed by atoms with van der Waals surface area (Å²) in [5.74, 6) is 1.92. The zero-order chi connectivity index (χ0) is 20.0. The molecule has 3 heterocycles. The van der Waals surface area contributed by atoms with Crippen molar-refractivity contribution in [3.63, 3.8) is 0 Å². The highest BCUT2D eigenvalue weighted by Gasteiger charge is 2.18. The van der Waals surface area contributed by atoms with Crippen molar-refractivity contribution < 1.29 is 9.47 Å². The largest absolute Gasteiger partial charge is 0.493 e. The molecule has 0 aliphatic rings. The third-order valence-corrected chi connectivity index (χ3v) is 5.75. The van der Waals surface area contributed by atoms with E-state index in [2.05, 4.69) is 0 Å². The lowest BCUT2D eigenvalue weighted by Crippen LogP contribution is -2.30. The van der Waals surface area contributed by atoms with Crippen LogP contribution in [0.1, 0.15) is 17.2 Å². The zero-order valence-electron chi connectivity index (χ0n) is 16.4. The quantitative estimate of drug-likeness (QED) is 0.520. The Balaban J connectivity index is 2.01. The van der Waals surface area contributed by atoms with Crippen LogP contribution in [0.3, 0.4) is 0 Å². The number of ether oxygens (including phenoxy) is 2.